The topological polar surface area (TPSA) is 93.0 Å². The van der Waals surface area contributed by atoms with Crippen molar-refractivity contribution in [3.8, 4) is 0 Å². The second-order valence-corrected chi connectivity index (χ2v) is 12.5. The number of benzene rings is 1. The first-order valence-corrected chi connectivity index (χ1v) is 15.4. The fourth-order valence-corrected chi connectivity index (χ4v) is 6.93. The van der Waals surface area contributed by atoms with Crippen molar-refractivity contribution in [1.29, 1.82) is 0 Å². The minimum absolute atomic E-state index is 0.0634. The molecule has 234 valence electrons. The number of aromatic amines is 1. The third-order valence-corrected chi connectivity index (χ3v) is 9.90. The van der Waals surface area contributed by atoms with E-state index in [1.807, 2.05) is 29.8 Å². The number of piperidine rings is 1. The number of hydrogen-bond donors (Lipinski definition) is 2. The van der Waals surface area contributed by atoms with E-state index >= 15 is 4.39 Å². The molecule has 44 heavy (non-hydrogen) atoms. The summed E-state index contributed by atoms with van der Waals surface area (Å²) in [5, 5.41) is 3.64. The summed E-state index contributed by atoms with van der Waals surface area (Å²) in [4.78, 5) is 27.0. The first-order valence-electron chi connectivity index (χ1n) is 15.4. The lowest BCUT2D eigenvalue weighted by atomic mass is 9.88. The van der Waals surface area contributed by atoms with E-state index < -0.39 is 17.2 Å². The van der Waals surface area contributed by atoms with Crippen LogP contribution in [0, 0.1) is 17.6 Å². The monoisotopic (exact) mass is 605 g/mol. The van der Waals surface area contributed by atoms with E-state index in [0.717, 1.165) is 54.9 Å². The van der Waals surface area contributed by atoms with Gasteiger partial charge in [-0.05, 0) is 62.3 Å². The molecule has 5 heterocycles. The number of aromatic nitrogens is 5. The highest BCUT2D eigenvalue weighted by Crippen LogP contribution is 2.40. The van der Waals surface area contributed by atoms with Crippen LogP contribution in [0.4, 0.5) is 8.78 Å². The largest absolute Gasteiger partial charge is 0.372 e. The van der Waals surface area contributed by atoms with Crippen molar-refractivity contribution in [3.63, 3.8) is 0 Å². The second kappa shape index (κ2) is 11.8. The molecular formula is C33H41F2N7O2. The summed E-state index contributed by atoms with van der Waals surface area (Å²) >= 11 is 0. The van der Waals surface area contributed by atoms with E-state index in [1.54, 1.807) is 25.4 Å². The van der Waals surface area contributed by atoms with Crippen LogP contribution in [0.1, 0.15) is 81.5 Å². The molecule has 1 aromatic carbocycles. The summed E-state index contributed by atoms with van der Waals surface area (Å²) < 4.78 is 39.4. The molecule has 0 saturated carbocycles. The fourth-order valence-electron chi connectivity index (χ4n) is 6.93. The van der Waals surface area contributed by atoms with E-state index in [2.05, 4.69) is 45.2 Å². The molecule has 4 aromatic rings. The summed E-state index contributed by atoms with van der Waals surface area (Å²) in [7, 11) is 1.70. The van der Waals surface area contributed by atoms with Crippen LogP contribution < -0.4 is 11.0 Å². The Hall–Kier alpha value is -3.99. The molecule has 2 aliphatic heterocycles. The van der Waals surface area contributed by atoms with Crippen molar-refractivity contribution in [2.24, 2.45) is 5.92 Å². The first kappa shape index (κ1) is 30.1. The normalized spacial score (nSPS) is 20.8. The number of pyridine rings is 1. The predicted octanol–water partition coefficient (Wildman–Crippen LogP) is 5.73. The highest BCUT2D eigenvalue weighted by molar-refractivity contribution is 5.70. The summed E-state index contributed by atoms with van der Waals surface area (Å²) in [6, 6.07) is 8.06. The van der Waals surface area contributed by atoms with Gasteiger partial charge in [-0.15, -0.1) is 0 Å². The average Bonchev–Trinajstić information content (AvgIpc) is 3.54. The van der Waals surface area contributed by atoms with Crippen molar-refractivity contribution in [3.05, 3.63) is 94.3 Å². The lowest BCUT2D eigenvalue weighted by Crippen LogP contribution is -2.41. The molecule has 2 aliphatic rings. The number of rotatable bonds is 8. The van der Waals surface area contributed by atoms with Crippen molar-refractivity contribution in [2.45, 2.75) is 76.6 Å². The Morgan fingerprint density at radius 3 is 2.64 bits per heavy atom. The van der Waals surface area contributed by atoms with E-state index in [4.69, 9.17) is 9.72 Å². The third-order valence-electron chi connectivity index (χ3n) is 9.90. The Labute approximate surface area is 256 Å². The number of H-pyrrole nitrogens is 1. The summed E-state index contributed by atoms with van der Waals surface area (Å²) in [5.41, 5.74) is 1.95. The van der Waals surface area contributed by atoms with Crippen LogP contribution in [0.5, 0.6) is 0 Å². The zero-order valence-electron chi connectivity index (χ0n) is 25.8. The van der Waals surface area contributed by atoms with Gasteiger partial charge in [0.15, 0.2) is 17.3 Å². The number of halogens is 2. The molecule has 1 unspecified atom stereocenters. The van der Waals surface area contributed by atoms with Gasteiger partial charge in [0.05, 0.1) is 29.3 Å². The molecule has 0 aliphatic carbocycles. The van der Waals surface area contributed by atoms with Gasteiger partial charge in [0.1, 0.15) is 11.4 Å². The molecule has 3 atom stereocenters. The number of methoxy groups -OCH3 is 1. The van der Waals surface area contributed by atoms with Crippen LogP contribution in [0.25, 0.3) is 11.2 Å². The highest BCUT2D eigenvalue weighted by Gasteiger charge is 2.38. The zero-order chi connectivity index (χ0) is 31.2. The van der Waals surface area contributed by atoms with Crippen LogP contribution in [0.2, 0.25) is 0 Å². The van der Waals surface area contributed by atoms with Crippen molar-refractivity contribution >= 4 is 11.2 Å². The second-order valence-electron chi connectivity index (χ2n) is 12.5. The molecule has 0 radical (unpaired) electrons. The summed E-state index contributed by atoms with van der Waals surface area (Å²) in [6.45, 7) is 12.6. The fraction of sp³-hybridized carbons (Fsp3) is 0.485. The Morgan fingerprint density at radius 1 is 1.14 bits per heavy atom. The number of hydrogen-bond acceptors (Lipinski definition) is 6. The van der Waals surface area contributed by atoms with Crippen LogP contribution in [-0.4, -0.2) is 49.2 Å². The maximum absolute atomic E-state index is 15.1. The lowest BCUT2D eigenvalue weighted by Gasteiger charge is -2.36. The van der Waals surface area contributed by atoms with E-state index in [1.165, 1.54) is 0 Å². The van der Waals surface area contributed by atoms with Gasteiger partial charge in [-0.1, -0.05) is 32.6 Å². The highest BCUT2D eigenvalue weighted by atomic mass is 19.2. The average molecular weight is 606 g/mol. The zero-order valence-corrected chi connectivity index (χ0v) is 25.8. The maximum Gasteiger partial charge on any atom is 0.327 e. The van der Waals surface area contributed by atoms with Gasteiger partial charge in [-0.2, -0.15) is 0 Å². The van der Waals surface area contributed by atoms with Gasteiger partial charge >= 0.3 is 5.69 Å². The Morgan fingerprint density at radius 2 is 1.91 bits per heavy atom. The van der Waals surface area contributed by atoms with Gasteiger partial charge in [-0.25, -0.2) is 23.5 Å². The van der Waals surface area contributed by atoms with Crippen LogP contribution in [-0.2, 0) is 16.9 Å². The summed E-state index contributed by atoms with van der Waals surface area (Å²) in [5.74, 6) is -0.111. The number of fused-ring (bicyclic) bond motifs is 2. The van der Waals surface area contributed by atoms with Gasteiger partial charge in [0.25, 0.3) is 0 Å². The smallest absolute Gasteiger partial charge is 0.327 e. The Kier molecular flexibility index (Phi) is 8.08. The molecule has 11 heteroatoms. The van der Waals surface area contributed by atoms with Crippen molar-refractivity contribution in [1.82, 2.24) is 34.3 Å². The molecule has 1 fully saturated rings. The number of ether oxygens (including phenoxy) is 1. The van der Waals surface area contributed by atoms with Crippen LogP contribution in [0.3, 0.4) is 0 Å². The van der Waals surface area contributed by atoms with Gasteiger partial charge < -0.3 is 19.5 Å². The summed E-state index contributed by atoms with van der Waals surface area (Å²) in [6.07, 6.45) is 6.41. The van der Waals surface area contributed by atoms with Crippen LogP contribution in [0.15, 0.2) is 59.9 Å². The molecule has 0 amide bonds. The van der Waals surface area contributed by atoms with E-state index in [0.29, 0.717) is 30.6 Å². The van der Waals surface area contributed by atoms with Gasteiger partial charge in [0.2, 0.25) is 0 Å². The van der Waals surface area contributed by atoms with Crippen LogP contribution >= 0.6 is 0 Å². The van der Waals surface area contributed by atoms with E-state index in [-0.39, 0.29) is 29.6 Å². The molecular weight excluding hydrogens is 564 g/mol. The molecule has 3 aromatic heterocycles. The molecule has 9 nitrogen and oxygen atoms in total. The quantitative estimate of drug-likeness (QED) is 0.266. The number of imidazole rings is 2. The van der Waals surface area contributed by atoms with E-state index in [9.17, 15) is 9.18 Å². The molecule has 2 N–H and O–H groups in total. The lowest BCUT2D eigenvalue weighted by molar-refractivity contribution is -0.0437. The SMILES string of the molecule is C=C(N[C@@H]1CC[C@@H](c2cccc(F)c2F)Cn2c(C(C)(OC)C(C)C)cnc21)N1CCC(n2c(=O)[nH]c3ncccc32)CC1. The van der Waals surface area contributed by atoms with Crippen molar-refractivity contribution < 1.29 is 13.5 Å². The molecule has 0 bridgehead atoms. The molecule has 6 rings (SSSR count). The van der Waals surface area contributed by atoms with Gasteiger partial charge in [-0.3, -0.25) is 9.55 Å². The molecule has 1 saturated heterocycles. The predicted molar refractivity (Wildman–Crippen MR) is 165 cm³/mol. The van der Waals surface area contributed by atoms with Crippen molar-refractivity contribution in [2.75, 3.05) is 20.2 Å². The van der Waals surface area contributed by atoms with Gasteiger partial charge in [0, 0.05) is 44.9 Å². The molecule has 0 spiro atoms. The minimum Gasteiger partial charge on any atom is -0.372 e. The Balaban J connectivity index is 1.24. The third kappa shape index (κ3) is 5.21. The number of nitrogens with one attached hydrogen (secondary N) is 2. The Bertz CT molecular complexity index is 1720. The maximum atomic E-state index is 15.1. The number of likely N-dealkylation sites (tertiary alicyclic amines) is 1. The number of nitrogens with zero attached hydrogens (tertiary/aromatic N) is 5. The first-order chi connectivity index (χ1) is 21.1. The minimum atomic E-state index is -0.834. The standard InChI is InChI=1S/C33H41F2N7O2/c1-20(2)33(4,44-5)28-18-37-31-26(12-11-22(19-41(28)31)24-8-6-9-25(34)29(24)35)38-21(3)40-16-13-23(14-17-40)42-27-10-7-15-36-30(27)39-32(42)43/h6-10,15,18,20,22-23,26,38H,3,11-14,16-17,19H2,1-2,4-5H3,(H,36,39,43)/t22-,26-,33?/m1/s1.